The Balaban J connectivity index is 2.37. The highest BCUT2D eigenvalue weighted by Gasteiger charge is 2.27. The Kier molecular flexibility index (Phi) is 5.57. The molecule has 1 aliphatic rings. The summed E-state index contributed by atoms with van der Waals surface area (Å²) in [4.78, 5) is 14.3. The van der Waals surface area contributed by atoms with Crippen LogP contribution in [0.3, 0.4) is 0 Å². The Labute approximate surface area is 135 Å². The van der Waals surface area contributed by atoms with Gasteiger partial charge in [0.25, 0.3) is 0 Å². The molecule has 6 heteroatoms. The lowest BCUT2D eigenvalue weighted by Gasteiger charge is -2.36. The lowest BCUT2D eigenvalue weighted by molar-refractivity contribution is 0.109. The number of nitrogens with one attached hydrogen (secondary N) is 1. The quantitative estimate of drug-likeness (QED) is 0.799. The van der Waals surface area contributed by atoms with Gasteiger partial charge in [-0.25, -0.2) is 9.97 Å². The minimum Gasteiger partial charge on any atom is -0.372 e. The molecule has 1 fully saturated rings. The third-order valence-electron chi connectivity index (χ3n) is 3.81. The first kappa shape index (κ1) is 15.9. The molecule has 2 rings (SSSR count). The highest BCUT2D eigenvalue weighted by molar-refractivity contribution is 14.1. The van der Waals surface area contributed by atoms with Crippen molar-refractivity contribution in [1.29, 1.82) is 0 Å². The van der Waals surface area contributed by atoms with E-state index in [-0.39, 0.29) is 6.04 Å². The Hall–Kier alpha value is -0.470. The highest BCUT2D eigenvalue weighted by Crippen LogP contribution is 2.26. The zero-order chi connectivity index (χ0) is 14.7. The largest absolute Gasteiger partial charge is 0.372 e. The Bertz CT molecular complexity index is 465. The van der Waals surface area contributed by atoms with Gasteiger partial charge in [0, 0.05) is 26.7 Å². The summed E-state index contributed by atoms with van der Waals surface area (Å²) in [6, 6.07) is 0.286. The van der Waals surface area contributed by atoms with Crippen molar-refractivity contribution in [3.63, 3.8) is 0 Å². The summed E-state index contributed by atoms with van der Waals surface area (Å²) in [5.74, 6) is 1.91. The van der Waals surface area contributed by atoms with Gasteiger partial charge in [0.2, 0.25) is 0 Å². The molecule has 1 aromatic rings. The number of nitrogens with zero attached hydrogens (tertiary/aromatic N) is 4. The van der Waals surface area contributed by atoms with E-state index in [9.17, 15) is 0 Å². The van der Waals surface area contributed by atoms with Crippen LogP contribution in [0.4, 0.5) is 5.82 Å². The summed E-state index contributed by atoms with van der Waals surface area (Å²) in [5, 5.41) is 3.21. The second-order valence-electron chi connectivity index (χ2n) is 5.45. The van der Waals surface area contributed by atoms with Crippen LogP contribution >= 0.6 is 22.6 Å². The molecule has 0 bridgehead atoms. The van der Waals surface area contributed by atoms with Crippen molar-refractivity contribution in [2.24, 2.45) is 0 Å². The van der Waals surface area contributed by atoms with Gasteiger partial charge in [-0.05, 0) is 43.1 Å². The number of likely N-dealkylation sites (N-methyl/N-ethyl adjacent to an activating group) is 2. The summed E-state index contributed by atoms with van der Waals surface area (Å²) < 4.78 is 1.16. The number of aromatic nitrogens is 2. The molecule has 0 amide bonds. The van der Waals surface area contributed by atoms with Crippen molar-refractivity contribution in [2.75, 3.05) is 46.1 Å². The SMILES string of the molecule is CCCc1nc(C2CN(C)CCN2C)nc(NC)c1I. The van der Waals surface area contributed by atoms with Crippen LogP contribution in [0.25, 0.3) is 0 Å². The van der Waals surface area contributed by atoms with Crippen LogP contribution in [0.2, 0.25) is 0 Å². The highest BCUT2D eigenvalue weighted by atomic mass is 127. The van der Waals surface area contributed by atoms with Crippen molar-refractivity contribution in [1.82, 2.24) is 19.8 Å². The predicted molar refractivity (Wildman–Crippen MR) is 91.2 cm³/mol. The maximum absolute atomic E-state index is 4.85. The molecule has 1 saturated heterocycles. The number of hydrogen-bond acceptors (Lipinski definition) is 5. The molecule has 0 radical (unpaired) electrons. The molecule has 1 N–H and O–H groups in total. The van der Waals surface area contributed by atoms with Crippen molar-refractivity contribution < 1.29 is 0 Å². The van der Waals surface area contributed by atoms with Crippen molar-refractivity contribution >= 4 is 28.4 Å². The second kappa shape index (κ2) is 7.00. The van der Waals surface area contributed by atoms with Gasteiger partial charge in [0.05, 0.1) is 15.3 Å². The van der Waals surface area contributed by atoms with E-state index in [2.05, 4.69) is 58.7 Å². The molecule has 1 aromatic heterocycles. The van der Waals surface area contributed by atoms with E-state index in [1.54, 1.807) is 0 Å². The third-order valence-corrected chi connectivity index (χ3v) is 4.94. The van der Waals surface area contributed by atoms with E-state index in [1.165, 1.54) is 5.69 Å². The van der Waals surface area contributed by atoms with Crippen LogP contribution < -0.4 is 5.32 Å². The molecule has 0 spiro atoms. The van der Waals surface area contributed by atoms with Gasteiger partial charge in [0.15, 0.2) is 0 Å². The first-order valence-electron chi connectivity index (χ1n) is 7.19. The predicted octanol–water partition coefficient (Wildman–Crippen LogP) is 1.99. The molecule has 112 valence electrons. The van der Waals surface area contributed by atoms with Gasteiger partial charge >= 0.3 is 0 Å². The van der Waals surface area contributed by atoms with Gasteiger partial charge in [0.1, 0.15) is 11.6 Å². The van der Waals surface area contributed by atoms with Gasteiger partial charge in [-0.1, -0.05) is 13.3 Å². The first-order valence-corrected chi connectivity index (χ1v) is 8.27. The van der Waals surface area contributed by atoms with E-state index >= 15 is 0 Å². The zero-order valence-corrected chi connectivity index (χ0v) is 14.9. The number of piperazine rings is 1. The van der Waals surface area contributed by atoms with Crippen molar-refractivity contribution in [3.8, 4) is 0 Å². The smallest absolute Gasteiger partial charge is 0.149 e. The fourth-order valence-corrected chi connectivity index (χ4v) is 3.30. The standard InChI is InChI=1S/C14H24IN5/c1-5-6-10-12(15)14(16-2)18-13(17-10)11-9-19(3)7-8-20(11)4/h11H,5-9H2,1-4H3,(H,16,17,18). The number of halogens is 1. The normalized spacial score (nSPS) is 21.1. The van der Waals surface area contributed by atoms with Crippen LogP contribution in [0, 0.1) is 3.57 Å². The molecular formula is C14H24IN5. The summed E-state index contributed by atoms with van der Waals surface area (Å²) in [6.45, 7) is 5.36. The minimum atomic E-state index is 0.286. The Morgan fingerprint density at radius 2 is 2.05 bits per heavy atom. The number of anilines is 1. The maximum atomic E-state index is 4.85. The second-order valence-corrected chi connectivity index (χ2v) is 6.53. The van der Waals surface area contributed by atoms with E-state index in [1.807, 2.05) is 7.05 Å². The van der Waals surface area contributed by atoms with Gasteiger partial charge < -0.3 is 10.2 Å². The van der Waals surface area contributed by atoms with Crippen LogP contribution in [0.1, 0.15) is 30.9 Å². The number of hydrogen-bond donors (Lipinski definition) is 1. The molecule has 1 atom stereocenters. The molecule has 2 heterocycles. The zero-order valence-electron chi connectivity index (χ0n) is 12.8. The minimum absolute atomic E-state index is 0.286. The molecule has 0 aliphatic carbocycles. The van der Waals surface area contributed by atoms with E-state index in [4.69, 9.17) is 9.97 Å². The molecule has 0 saturated carbocycles. The maximum Gasteiger partial charge on any atom is 0.149 e. The fraction of sp³-hybridized carbons (Fsp3) is 0.714. The third kappa shape index (κ3) is 3.40. The van der Waals surface area contributed by atoms with E-state index in [0.29, 0.717) is 0 Å². The topological polar surface area (TPSA) is 44.3 Å². The number of aryl methyl sites for hydroxylation is 1. The summed E-state index contributed by atoms with van der Waals surface area (Å²) in [5.41, 5.74) is 1.17. The van der Waals surface area contributed by atoms with Crippen molar-refractivity contribution in [2.45, 2.75) is 25.8 Å². The summed E-state index contributed by atoms with van der Waals surface area (Å²) in [7, 11) is 6.26. The molecule has 1 aliphatic heterocycles. The lowest BCUT2D eigenvalue weighted by Crippen LogP contribution is -2.45. The van der Waals surface area contributed by atoms with E-state index < -0.39 is 0 Å². The van der Waals surface area contributed by atoms with Gasteiger partial charge in [-0.2, -0.15) is 0 Å². The monoisotopic (exact) mass is 389 g/mol. The molecule has 0 aromatic carbocycles. The average molecular weight is 389 g/mol. The van der Waals surface area contributed by atoms with Gasteiger partial charge in [-0.3, -0.25) is 4.90 Å². The van der Waals surface area contributed by atoms with Crippen LogP contribution in [-0.4, -0.2) is 60.5 Å². The summed E-state index contributed by atoms with van der Waals surface area (Å²) in [6.07, 6.45) is 2.12. The molecule has 20 heavy (non-hydrogen) atoms. The fourth-order valence-electron chi connectivity index (χ4n) is 2.52. The first-order chi connectivity index (χ1) is 9.56. The number of rotatable bonds is 4. The Morgan fingerprint density at radius 3 is 2.70 bits per heavy atom. The Morgan fingerprint density at radius 1 is 1.30 bits per heavy atom. The van der Waals surface area contributed by atoms with Crippen molar-refractivity contribution in [3.05, 3.63) is 15.1 Å². The lowest BCUT2D eigenvalue weighted by atomic mass is 10.1. The van der Waals surface area contributed by atoms with Crippen LogP contribution in [-0.2, 0) is 6.42 Å². The van der Waals surface area contributed by atoms with Gasteiger partial charge in [-0.15, -0.1) is 0 Å². The van der Waals surface area contributed by atoms with E-state index in [0.717, 1.165) is 47.7 Å². The molecular weight excluding hydrogens is 365 g/mol. The molecule has 5 nitrogen and oxygen atoms in total. The van der Waals surface area contributed by atoms with Crippen LogP contribution in [0.15, 0.2) is 0 Å². The molecule has 1 unspecified atom stereocenters. The van der Waals surface area contributed by atoms with Crippen LogP contribution in [0.5, 0.6) is 0 Å². The average Bonchev–Trinajstić information content (AvgIpc) is 2.44. The summed E-state index contributed by atoms with van der Waals surface area (Å²) >= 11 is 2.35.